The highest BCUT2D eigenvalue weighted by Gasteiger charge is 2.31. The first kappa shape index (κ1) is 31.9. The molecule has 1 aliphatic rings. The van der Waals surface area contributed by atoms with Gasteiger partial charge in [-0.15, -0.1) is 0 Å². The van der Waals surface area contributed by atoms with Crippen molar-refractivity contribution in [3.05, 3.63) is 24.3 Å². The lowest BCUT2D eigenvalue weighted by molar-refractivity contribution is -0.151. The zero-order valence-corrected chi connectivity index (χ0v) is 23.2. The Kier molecular flexibility index (Phi) is 17.7. The van der Waals surface area contributed by atoms with Crippen molar-refractivity contribution in [1.82, 2.24) is 0 Å². The Morgan fingerprint density at radius 3 is 2.22 bits per heavy atom. The Hall–Kier alpha value is -2.11. The third kappa shape index (κ3) is 15.1. The highest BCUT2D eigenvalue weighted by molar-refractivity contribution is 5.69. The van der Waals surface area contributed by atoms with Crippen molar-refractivity contribution in [3.8, 4) is 0 Å². The molecule has 1 rings (SSSR count). The maximum Gasteiger partial charge on any atom is 0.305 e. The van der Waals surface area contributed by atoms with Crippen molar-refractivity contribution in [2.45, 2.75) is 129 Å². The molecular weight excluding hydrogens is 456 g/mol. The van der Waals surface area contributed by atoms with Crippen molar-refractivity contribution in [2.75, 3.05) is 7.11 Å². The summed E-state index contributed by atoms with van der Waals surface area (Å²) in [5, 5.41) is 0. The Balaban J connectivity index is 2.77. The number of ether oxygens (including phenoxy) is 3. The van der Waals surface area contributed by atoms with Crippen molar-refractivity contribution in [2.24, 2.45) is 11.8 Å². The first-order chi connectivity index (χ1) is 17.4. The Bertz CT molecular complexity index is 683. The fraction of sp³-hybridized carbons (Fsp3) is 0.767. The van der Waals surface area contributed by atoms with Gasteiger partial charge in [-0.2, -0.15) is 0 Å². The van der Waals surface area contributed by atoms with Gasteiger partial charge in [0.2, 0.25) is 0 Å². The first-order valence-electron chi connectivity index (χ1n) is 14.1. The highest BCUT2D eigenvalue weighted by Crippen LogP contribution is 2.35. The van der Waals surface area contributed by atoms with Crippen LogP contribution in [0.3, 0.4) is 0 Å². The first-order valence-corrected chi connectivity index (χ1v) is 14.1. The van der Waals surface area contributed by atoms with Gasteiger partial charge in [-0.05, 0) is 50.5 Å². The van der Waals surface area contributed by atoms with E-state index < -0.39 is 0 Å². The number of allylic oxidation sites excluding steroid dienone is 3. The number of carbonyl (C=O) groups is 3. The van der Waals surface area contributed by atoms with Crippen LogP contribution in [0.4, 0.5) is 0 Å². The molecule has 6 nitrogen and oxygen atoms in total. The molecule has 0 aromatic heterocycles. The molecule has 0 radical (unpaired) electrons. The van der Waals surface area contributed by atoms with Crippen molar-refractivity contribution in [3.63, 3.8) is 0 Å². The zero-order chi connectivity index (χ0) is 26.6. The van der Waals surface area contributed by atoms with Gasteiger partial charge in [-0.3, -0.25) is 14.4 Å². The molecule has 1 fully saturated rings. The van der Waals surface area contributed by atoms with Crippen molar-refractivity contribution in [1.29, 1.82) is 0 Å². The summed E-state index contributed by atoms with van der Waals surface area (Å²) >= 11 is 0. The maximum atomic E-state index is 11.8. The molecule has 0 amide bonds. The van der Waals surface area contributed by atoms with E-state index in [1.54, 1.807) is 0 Å². The van der Waals surface area contributed by atoms with E-state index in [2.05, 4.69) is 19.1 Å². The van der Waals surface area contributed by atoms with E-state index in [0.717, 1.165) is 38.5 Å². The third-order valence-corrected chi connectivity index (χ3v) is 6.97. The van der Waals surface area contributed by atoms with Crippen LogP contribution in [0.1, 0.15) is 117 Å². The van der Waals surface area contributed by atoms with Gasteiger partial charge < -0.3 is 14.2 Å². The van der Waals surface area contributed by atoms with Gasteiger partial charge in [-0.1, -0.05) is 76.5 Å². The van der Waals surface area contributed by atoms with Crippen LogP contribution in [0.2, 0.25) is 0 Å². The lowest BCUT2D eigenvalue weighted by atomic mass is 9.81. The van der Waals surface area contributed by atoms with Crippen LogP contribution in [0.15, 0.2) is 24.3 Å². The van der Waals surface area contributed by atoms with E-state index in [4.69, 9.17) is 14.2 Å². The van der Waals surface area contributed by atoms with Gasteiger partial charge >= 0.3 is 17.9 Å². The van der Waals surface area contributed by atoms with Crippen LogP contribution in [0.5, 0.6) is 0 Å². The number of esters is 3. The van der Waals surface area contributed by atoms with Gasteiger partial charge in [0.15, 0.2) is 0 Å². The normalized spacial score (nSPS) is 20.1. The number of unbranched alkanes of at least 4 members (excludes halogenated alkanes) is 5. The second-order valence-electron chi connectivity index (χ2n) is 10.1. The SMILES string of the molecule is CCCCCCCCC(/C=C/C=C/C1CCCCCC1C(CCCC(=O)OC)OC(C)=O)OC(C)=O. The molecule has 0 heterocycles. The molecule has 6 heteroatoms. The van der Waals surface area contributed by atoms with E-state index >= 15 is 0 Å². The smallest absolute Gasteiger partial charge is 0.305 e. The molecule has 206 valence electrons. The predicted molar refractivity (Wildman–Crippen MR) is 143 cm³/mol. The van der Waals surface area contributed by atoms with Crippen LogP contribution in [0.25, 0.3) is 0 Å². The van der Waals surface area contributed by atoms with Crippen LogP contribution in [0, 0.1) is 11.8 Å². The molecule has 0 N–H and O–H groups in total. The van der Waals surface area contributed by atoms with E-state index in [9.17, 15) is 14.4 Å². The second kappa shape index (κ2) is 20.0. The third-order valence-electron chi connectivity index (χ3n) is 6.97. The number of hydrogen-bond acceptors (Lipinski definition) is 6. The Morgan fingerprint density at radius 1 is 0.833 bits per heavy atom. The van der Waals surface area contributed by atoms with Crippen LogP contribution < -0.4 is 0 Å². The number of rotatable bonds is 17. The average molecular weight is 507 g/mol. The van der Waals surface area contributed by atoms with E-state index in [0.29, 0.717) is 25.2 Å². The molecule has 0 aromatic rings. The summed E-state index contributed by atoms with van der Waals surface area (Å²) < 4.78 is 16.0. The number of hydrogen-bond donors (Lipinski definition) is 0. The zero-order valence-electron chi connectivity index (χ0n) is 23.2. The monoisotopic (exact) mass is 506 g/mol. The van der Waals surface area contributed by atoms with Gasteiger partial charge in [0, 0.05) is 26.2 Å². The molecular formula is C30H50O6. The fourth-order valence-corrected chi connectivity index (χ4v) is 5.12. The summed E-state index contributed by atoms with van der Waals surface area (Å²) in [6.45, 7) is 5.13. The summed E-state index contributed by atoms with van der Waals surface area (Å²) in [5.74, 6) is -0.234. The summed E-state index contributed by atoms with van der Waals surface area (Å²) in [4.78, 5) is 34.9. The molecule has 0 aromatic carbocycles. The minimum Gasteiger partial charge on any atom is -0.469 e. The number of methoxy groups -OCH3 is 1. The quantitative estimate of drug-likeness (QED) is 0.0679. The standard InChI is InChI=1S/C30H50O6/c1-5-6-7-8-9-12-19-27(35-24(2)31)20-15-14-18-26-17-11-10-13-21-28(26)29(36-25(3)32)22-16-23-30(33)34-4/h14-15,18,20,26-29H,5-13,16-17,19,21-23H2,1-4H3/b18-14+,20-15+. The van der Waals surface area contributed by atoms with Crippen LogP contribution in [-0.2, 0) is 28.6 Å². The second-order valence-corrected chi connectivity index (χ2v) is 10.1. The summed E-state index contributed by atoms with van der Waals surface area (Å²) in [7, 11) is 1.39. The van der Waals surface area contributed by atoms with Gasteiger partial charge in [-0.25, -0.2) is 0 Å². The van der Waals surface area contributed by atoms with Crippen LogP contribution in [-0.4, -0.2) is 37.2 Å². The predicted octanol–water partition coefficient (Wildman–Crippen LogP) is 7.25. The van der Waals surface area contributed by atoms with Crippen molar-refractivity contribution < 1.29 is 28.6 Å². The van der Waals surface area contributed by atoms with Gasteiger partial charge in [0.05, 0.1) is 7.11 Å². The molecule has 1 saturated carbocycles. The van der Waals surface area contributed by atoms with Crippen LogP contribution >= 0.6 is 0 Å². The molecule has 1 aliphatic carbocycles. The topological polar surface area (TPSA) is 78.9 Å². The summed E-state index contributed by atoms with van der Waals surface area (Å²) in [6.07, 6.45) is 23.1. The lowest BCUT2D eigenvalue weighted by Gasteiger charge is -2.30. The number of carbonyl (C=O) groups excluding carboxylic acids is 3. The Morgan fingerprint density at radius 2 is 1.53 bits per heavy atom. The van der Waals surface area contributed by atoms with Crippen molar-refractivity contribution >= 4 is 17.9 Å². The molecule has 0 spiro atoms. The minimum atomic E-state index is -0.274. The molecule has 4 atom stereocenters. The molecule has 0 bridgehead atoms. The summed E-state index contributed by atoms with van der Waals surface area (Å²) in [6, 6.07) is 0. The van der Waals surface area contributed by atoms with E-state index in [-0.39, 0.29) is 36.0 Å². The molecule has 0 saturated heterocycles. The maximum absolute atomic E-state index is 11.8. The van der Waals surface area contributed by atoms with E-state index in [1.807, 2.05) is 12.2 Å². The van der Waals surface area contributed by atoms with Gasteiger partial charge in [0.1, 0.15) is 12.2 Å². The van der Waals surface area contributed by atoms with Gasteiger partial charge in [0.25, 0.3) is 0 Å². The molecule has 4 unspecified atom stereocenters. The summed E-state index contributed by atoms with van der Waals surface area (Å²) in [5.41, 5.74) is 0. The minimum absolute atomic E-state index is 0.199. The Labute approximate surface area is 219 Å². The highest BCUT2D eigenvalue weighted by atomic mass is 16.5. The lowest BCUT2D eigenvalue weighted by Crippen LogP contribution is -2.31. The fourth-order valence-electron chi connectivity index (χ4n) is 5.12. The average Bonchev–Trinajstić information content (AvgIpc) is 3.07. The largest absolute Gasteiger partial charge is 0.469 e. The van der Waals surface area contributed by atoms with E-state index in [1.165, 1.54) is 59.5 Å². The molecule has 0 aliphatic heterocycles. The molecule has 36 heavy (non-hydrogen) atoms.